The van der Waals surface area contributed by atoms with Gasteiger partial charge in [0.25, 0.3) is 0 Å². The lowest BCUT2D eigenvalue weighted by atomic mass is 10.2. The second-order valence-electron chi connectivity index (χ2n) is 4.26. The summed E-state index contributed by atoms with van der Waals surface area (Å²) in [6.07, 6.45) is 2.43. The highest BCUT2D eigenvalue weighted by Crippen LogP contribution is 2.22. The predicted molar refractivity (Wildman–Crippen MR) is 71.5 cm³/mol. The molecule has 0 heterocycles. The second-order valence-corrected chi connectivity index (χ2v) is 4.97. The first kappa shape index (κ1) is 13.7. The van der Waals surface area contributed by atoms with Gasteiger partial charge in [0.15, 0.2) is 11.6 Å². The van der Waals surface area contributed by atoms with Crippen molar-refractivity contribution in [2.45, 2.75) is 25.4 Å². The molecule has 0 bridgehead atoms. The Kier molecular flexibility index (Phi) is 4.87. The van der Waals surface area contributed by atoms with Crippen LogP contribution in [0.2, 0.25) is 0 Å². The molecule has 2 nitrogen and oxygen atoms in total. The van der Waals surface area contributed by atoms with Crippen LogP contribution < -0.4 is 10.1 Å². The molecule has 0 spiro atoms. The summed E-state index contributed by atoms with van der Waals surface area (Å²) in [5.74, 6) is -0.203. The fourth-order valence-corrected chi connectivity index (χ4v) is 1.62. The van der Waals surface area contributed by atoms with Gasteiger partial charge in [0.05, 0.1) is 5.03 Å². The van der Waals surface area contributed by atoms with Crippen LogP contribution in [0.1, 0.15) is 18.4 Å². The molecule has 1 fully saturated rings. The van der Waals surface area contributed by atoms with Crippen molar-refractivity contribution in [3.8, 4) is 5.75 Å². The molecule has 0 aliphatic heterocycles. The van der Waals surface area contributed by atoms with Crippen LogP contribution >= 0.6 is 23.2 Å². The second kappa shape index (κ2) is 6.41. The molecule has 98 valence electrons. The van der Waals surface area contributed by atoms with Gasteiger partial charge < -0.3 is 10.1 Å². The molecule has 18 heavy (non-hydrogen) atoms. The zero-order chi connectivity index (χ0) is 13.0. The largest absolute Gasteiger partial charge is 0.485 e. The van der Waals surface area contributed by atoms with Gasteiger partial charge in [0, 0.05) is 18.1 Å². The molecule has 0 atom stereocenters. The molecule has 1 aromatic rings. The maximum Gasteiger partial charge on any atom is 0.165 e. The van der Waals surface area contributed by atoms with Gasteiger partial charge in [0.2, 0.25) is 0 Å². The van der Waals surface area contributed by atoms with E-state index in [4.69, 9.17) is 27.9 Å². The van der Waals surface area contributed by atoms with Crippen molar-refractivity contribution >= 4 is 23.2 Å². The number of benzene rings is 1. The number of nitrogens with one attached hydrogen (secondary N) is 1. The van der Waals surface area contributed by atoms with Crippen LogP contribution in [-0.2, 0) is 6.54 Å². The summed E-state index contributed by atoms with van der Waals surface area (Å²) in [6.45, 7) is 0.756. The standard InChI is InChI=1S/C13H14Cl2FNO/c14-6-10(15)8-18-13-4-1-9(5-12(13)16)7-17-11-2-3-11/h1,4-6,11,17H,2-3,7-8H2/b10-6-. The Morgan fingerprint density at radius 2 is 2.28 bits per heavy atom. The molecule has 1 aliphatic carbocycles. The van der Waals surface area contributed by atoms with Gasteiger partial charge in [0.1, 0.15) is 6.61 Å². The minimum atomic E-state index is -0.385. The molecule has 2 rings (SSSR count). The van der Waals surface area contributed by atoms with E-state index in [9.17, 15) is 4.39 Å². The molecular formula is C13H14Cl2FNO. The van der Waals surface area contributed by atoms with Crippen LogP contribution in [0.5, 0.6) is 5.75 Å². The maximum atomic E-state index is 13.7. The number of ether oxygens (including phenoxy) is 1. The number of halogens is 3. The molecule has 0 amide bonds. The Bertz CT molecular complexity index is 447. The van der Waals surface area contributed by atoms with E-state index in [2.05, 4.69) is 5.32 Å². The summed E-state index contributed by atoms with van der Waals surface area (Å²) in [5.41, 5.74) is 2.11. The quantitative estimate of drug-likeness (QED) is 0.861. The van der Waals surface area contributed by atoms with E-state index in [1.807, 2.05) is 6.07 Å². The first-order valence-corrected chi connectivity index (χ1v) is 6.60. The fraction of sp³-hybridized carbons (Fsp3) is 0.385. The third kappa shape index (κ3) is 4.16. The molecule has 1 saturated carbocycles. The lowest BCUT2D eigenvalue weighted by Gasteiger charge is -2.08. The summed E-state index contributed by atoms with van der Waals surface area (Å²) >= 11 is 11.0. The summed E-state index contributed by atoms with van der Waals surface area (Å²) in [5, 5.41) is 3.65. The molecule has 1 aliphatic rings. The third-order valence-corrected chi connectivity index (χ3v) is 3.25. The normalized spacial score (nSPS) is 15.8. The van der Waals surface area contributed by atoms with Crippen molar-refractivity contribution < 1.29 is 9.13 Å². The Hall–Kier alpha value is -0.770. The third-order valence-electron chi connectivity index (χ3n) is 2.65. The van der Waals surface area contributed by atoms with E-state index < -0.39 is 0 Å². The summed E-state index contributed by atoms with van der Waals surface area (Å²) < 4.78 is 18.9. The van der Waals surface area contributed by atoms with Gasteiger partial charge in [-0.25, -0.2) is 4.39 Å². The fourth-order valence-electron chi connectivity index (χ4n) is 1.50. The summed E-state index contributed by atoms with van der Waals surface area (Å²) in [7, 11) is 0. The number of rotatable bonds is 6. The zero-order valence-electron chi connectivity index (χ0n) is 9.76. The van der Waals surface area contributed by atoms with Crippen LogP contribution in [-0.4, -0.2) is 12.6 Å². The van der Waals surface area contributed by atoms with Crippen LogP contribution in [0.25, 0.3) is 0 Å². The predicted octanol–water partition coefficient (Wildman–Crippen LogP) is 3.78. The number of hydrogen-bond acceptors (Lipinski definition) is 2. The van der Waals surface area contributed by atoms with Gasteiger partial charge in [-0.15, -0.1) is 0 Å². The first-order valence-electron chi connectivity index (χ1n) is 5.78. The van der Waals surface area contributed by atoms with Crippen LogP contribution in [0.15, 0.2) is 28.8 Å². The van der Waals surface area contributed by atoms with E-state index in [1.54, 1.807) is 6.07 Å². The van der Waals surface area contributed by atoms with E-state index in [-0.39, 0.29) is 18.2 Å². The average molecular weight is 290 g/mol. The SMILES string of the molecule is Fc1cc(CNC2CC2)ccc1OC/C(Cl)=C/Cl. The molecule has 5 heteroatoms. The summed E-state index contributed by atoms with van der Waals surface area (Å²) in [4.78, 5) is 0. The lowest BCUT2D eigenvalue weighted by molar-refractivity contribution is 0.338. The minimum Gasteiger partial charge on any atom is -0.485 e. The van der Waals surface area contributed by atoms with Gasteiger partial charge in [-0.05, 0) is 30.5 Å². The number of hydrogen-bond donors (Lipinski definition) is 1. The first-order chi connectivity index (χ1) is 8.69. The van der Waals surface area contributed by atoms with Crippen LogP contribution in [0.3, 0.4) is 0 Å². The maximum absolute atomic E-state index is 13.7. The van der Waals surface area contributed by atoms with E-state index >= 15 is 0 Å². The monoisotopic (exact) mass is 289 g/mol. The average Bonchev–Trinajstić information content (AvgIpc) is 3.18. The van der Waals surface area contributed by atoms with Crippen molar-refractivity contribution in [2.75, 3.05) is 6.61 Å². The highest BCUT2D eigenvalue weighted by molar-refractivity contribution is 6.36. The Labute approximate surface area is 116 Å². The highest BCUT2D eigenvalue weighted by atomic mass is 35.5. The van der Waals surface area contributed by atoms with Gasteiger partial charge >= 0.3 is 0 Å². The Morgan fingerprint density at radius 3 is 2.89 bits per heavy atom. The Balaban J connectivity index is 1.91. The van der Waals surface area contributed by atoms with Crippen molar-refractivity contribution in [3.63, 3.8) is 0 Å². The van der Waals surface area contributed by atoms with E-state index in [0.29, 0.717) is 17.6 Å². The Morgan fingerprint density at radius 1 is 1.50 bits per heavy atom. The van der Waals surface area contributed by atoms with Crippen molar-refractivity contribution in [2.24, 2.45) is 0 Å². The minimum absolute atomic E-state index is 0.0711. The van der Waals surface area contributed by atoms with Gasteiger partial charge in [-0.1, -0.05) is 29.3 Å². The zero-order valence-corrected chi connectivity index (χ0v) is 11.3. The molecule has 0 unspecified atom stereocenters. The topological polar surface area (TPSA) is 21.3 Å². The van der Waals surface area contributed by atoms with Crippen LogP contribution in [0.4, 0.5) is 4.39 Å². The van der Waals surface area contributed by atoms with Crippen molar-refractivity contribution in [3.05, 3.63) is 40.1 Å². The molecular weight excluding hydrogens is 276 g/mol. The van der Waals surface area contributed by atoms with Crippen molar-refractivity contribution in [1.29, 1.82) is 0 Å². The highest BCUT2D eigenvalue weighted by Gasteiger charge is 2.20. The molecule has 1 N–H and O–H groups in total. The lowest BCUT2D eigenvalue weighted by Crippen LogP contribution is -2.15. The van der Waals surface area contributed by atoms with E-state index in [0.717, 1.165) is 5.56 Å². The molecule has 0 radical (unpaired) electrons. The van der Waals surface area contributed by atoms with Gasteiger partial charge in [-0.3, -0.25) is 0 Å². The molecule has 0 saturated heterocycles. The smallest absolute Gasteiger partial charge is 0.165 e. The van der Waals surface area contributed by atoms with Crippen LogP contribution in [0, 0.1) is 5.82 Å². The van der Waals surface area contributed by atoms with Gasteiger partial charge in [-0.2, -0.15) is 0 Å². The van der Waals surface area contributed by atoms with E-state index in [1.165, 1.54) is 24.4 Å². The summed E-state index contributed by atoms with van der Waals surface area (Å²) in [6, 6.07) is 5.53. The van der Waals surface area contributed by atoms with Crippen molar-refractivity contribution in [1.82, 2.24) is 5.32 Å². The molecule has 0 aromatic heterocycles. The molecule has 1 aromatic carbocycles.